The molecule has 0 aliphatic heterocycles. The average Bonchev–Trinajstić information content (AvgIpc) is 2.73. The number of rotatable bonds is 25. The number of hydrogen-bond donors (Lipinski definition) is 0. The summed E-state index contributed by atoms with van der Waals surface area (Å²) in [4.78, 5) is 10.5. The fourth-order valence-corrected chi connectivity index (χ4v) is 2.43. The molecular weight excluding hydrogens is 392 g/mol. The van der Waals surface area contributed by atoms with E-state index in [0.717, 1.165) is 13.0 Å². The smallest absolute Gasteiger partial charge is 0.302 e. The maximum absolute atomic E-state index is 10.5. The first-order chi connectivity index (χ1) is 14.8. The van der Waals surface area contributed by atoms with E-state index in [1.54, 1.807) is 0 Å². The van der Waals surface area contributed by atoms with E-state index in [0.29, 0.717) is 72.7 Å². The molecule has 0 aromatic heterocycles. The third-order valence-electron chi connectivity index (χ3n) is 4.04. The molecule has 0 aliphatic rings. The van der Waals surface area contributed by atoms with Crippen LogP contribution >= 0.6 is 0 Å². The van der Waals surface area contributed by atoms with Crippen LogP contribution in [0.25, 0.3) is 0 Å². The summed E-state index contributed by atoms with van der Waals surface area (Å²) in [7, 11) is 0. The molecule has 0 bridgehead atoms. The van der Waals surface area contributed by atoms with Crippen LogP contribution in [0.4, 0.5) is 0 Å². The van der Waals surface area contributed by atoms with Gasteiger partial charge in [-0.2, -0.15) is 0 Å². The van der Waals surface area contributed by atoms with Crippen LogP contribution in [-0.4, -0.2) is 91.9 Å². The molecule has 0 amide bonds. The summed E-state index contributed by atoms with van der Waals surface area (Å²) in [6.07, 6.45) is 7.69. The minimum absolute atomic E-state index is 0.274. The molecule has 0 saturated heterocycles. The van der Waals surface area contributed by atoms with Crippen molar-refractivity contribution >= 4 is 5.97 Å². The number of carbonyl (C=O) groups is 1. The van der Waals surface area contributed by atoms with Crippen molar-refractivity contribution in [3.05, 3.63) is 0 Å². The molecular formula is C22H44O8. The lowest BCUT2D eigenvalue weighted by Crippen LogP contribution is -2.14. The molecule has 0 N–H and O–H groups in total. The van der Waals surface area contributed by atoms with Crippen LogP contribution in [0.5, 0.6) is 0 Å². The molecule has 8 nitrogen and oxygen atoms in total. The molecule has 0 heterocycles. The number of esters is 1. The lowest BCUT2D eigenvalue weighted by Gasteiger charge is -2.08. The zero-order valence-corrected chi connectivity index (χ0v) is 19.2. The maximum Gasteiger partial charge on any atom is 0.302 e. The Kier molecular flexibility index (Phi) is 25.6. The van der Waals surface area contributed by atoms with Crippen LogP contribution in [0, 0.1) is 0 Å². The van der Waals surface area contributed by atoms with Crippen molar-refractivity contribution in [2.75, 3.05) is 85.9 Å². The van der Waals surface area contributed by atoms with E-state index >= 15 is 0 Å². The molecule has 0 saturated carbocycles. The summed E-state index contributed by atoms with van der Waals surface area (Å²) < 4.78 is 37.2. The minimum atomic E-state index is -0.299. The zero-order valence-electron chi connectivity index (χ0n) is 19.2. The molecule has 30 heavy (non-hydrogen) atoms. The van der Waals surface area contributed by atoms with Crippen molar-refractivity contribution in [1.82, 2.24) is 0 Å². The zero-order chi connectivity index (χ0) is 22.0. The van der Waals surface area contributed by atoms with E-state index in [9.17, 15) is 4.79 Å². The molecule has 0 unspecified atom stereocenters. The molecule has 0 rings (SSSR count). The largest absolute Gasteiger partial charge is 0.463 e. The molecule has 0 aromatic carbocycles. The molecule has 180 valence electrons. The van der Waals surface area contributed by atoms with E-state index in [1.807, 2.05) is 0 Å². The molecule has 8 heteroatoms. The predicted molar refractivity (Wildman–Crippen MR) is 115 cm³/mol. The normalized spacial score (nSPS) is 11.1. The Hall–Kier alpha value is -0.770. The third-order valence-corrected chi connectivity index (χ3v) is 4.04. The monoisotopic (exact) mass is 436 g/mol. The third kappa shape index (κ3) is 27.2. The van der Waals surface area contributed by atoms with E-state index in [2.05, 4.69) is 6.92 Å². The van der Waals surface area contributed by atoms with Gasteiger partial charge in [-0.3, -0.25) is 4.79 Å². The van der Waals surface area contributed by atoms with Crippen LogP contribution in [0.3, 0.4) is 0 Å². The van der Waals surface area contributed by atoms with E-state index < -0.39 is 0 Å². The van der Waals surface area contributed by atoms with Gasteiger partial charge in [-0.05, 0) is 6.42 Å². The first-order valence-electron chi connectivity index (χ1n) is 11.4. The predicted octanol–water partition coefficient (Wildman–Crippen LogP) is 3.01. The van der Waals surface area contributed by atoms with Crippen LogP contribution in [0.2, 0.25) is 0 Å². The highest BCUT2D eigenvalue weighted by molar-refractivity contribution is 5.65. The second-order valence-corrected chi connectivity index (χ2v) is 6.78. The Morgan fingerprint density at radius 3 is 1.20 bits per heavy atom. The SMILES string of the molecule is CCCCCCCCOCCOCCOCCOCCOCCOCCOC(C)=O. The summed E-state index contributed by atoms with van der Waals surface area (Å²) in [5.41, 5.74) is 0. The van der Waals surface area contributed by atoms with Gasteiger partial charge < -0.3 is 33.2 Å². The van der Waals surface area contributed by atoms with Gasteiger partial charge in [-0.25, -0.2) is 0 Å². The van der Waals surface area contributed by atoms with Crippen molar-refractivity contribution in [2.45, 2.75) is 52.4 Å². The summed E-state index contributed by atoms with van der Waals surface area (Å²) in [5.74, 6) is -0.299. The summed E-state index contributed by atoms with van der Waals surface area (Å²) in [6.45, 7) is 10.5. The van der Waals surface area contributed by atoms with Gasteiger partial charge in [0.1, 0.15) is 6.61 Å². The minimum Gasteiger partial charge on any atom is -0.463 e. The van der Waals surface area contributed by atoms with Gasteiger partial charge in [-0.1, -0.05) is 39.0 Å². The summed E-state index contributed by atoms with van der Waals surface area (Å²) >= 11 is 0. The number of ether oxygens (including phenoxy) is 7. The first kappa shape index (κ1) is 29.2. The quantitative estimate of drug-likeness (QED) is 0.160. The summed E-state index contributed by atoms with van der Waals surface area (Å²) in [6, 6.07) is 0. The molecule has 0 aromatic rings. The first-order valence-corrected chi connectivity index (χ1v) is 11.4. The van der Waals surface area contributed by atoms with Gasteiger partial charge in [0.05, 0.1) is 72.7 Å². The Balaban J connectivity index is 2.99. The molecule has 0 spiro atoms. The van der Waals surface area contributed by atoms with Gasteiger partial charge >= 0.3 is 5.97 Å². The van der Waals surface area contributed by atoms with Gasteiger partial charge in [0, 0.05) is 13.5 Å². The van der Waals surface area contributed by atoms with Crippen molar-refractivity contribution in [3.63, 3.8) is 0 Å². The second-order valence-electron chi connectivity index (χ2n) is 6.78. The lowest BCUT2D eigenvalue weighted by molar-refractivity contribution is -0.142. The maximum atomic E-state index is 10.5. The highest BCUT2D eigenvalue weighted by Crippen LogP contribution is 2.04. The Labute approximate surface area is 182 Å². The lowest BCUT2D eigenvalue weighted by atomic mass is 10.1. The Morgan fingerprint density at radius 2 is 0.800 bits per heavy atom. The highest BCUT2D eigenvalue weighted by atomic mass is 16.6. The Bertz CT molecular complexity index is 341. The van der Waals surface area contributed by atoms with Crippen molar-refractivity contribution in [2.24, 2.45) is 0 Å². The fourth-order valence-electron chi connectivity index (χ4n) is 2.43. The summed E-state index contributed by atoms with van der Waals surface area (Å²) in [5, 5.41) is 0. The highest BCUT2D eigenvalue weighted by Gasteiger charge is 1.96. The fraction of sp³-hybridized carbons (Fsp3) is 0.955. The molecule has 0 aliphatic carbocycles. The molecule has 0 fully saturated rings. The van der Waals surface area contributed by atoms with E-state index in [1.165, 1.54) is 39.0 Å². The second kappa shape index (κ2) is 26.3. The van der Waals surface area contributed by atoms with Crippen molar-refractivity contribution < 1.29 is 38.0 Å². The van der Waals surface area contributed by atoms with Crippen LogP contribution < -0.4 is 0 Å². The van der Waals surface area contributed by atoms with Gasteiger partial charge in [0.25, 0.3) is 0 Å². The molecule has 0 atom stereocenters. The van der Waals surface area contributed by atoms with Crippen molar-refractivity contribution in [3.8, 4) is 0 Å². The number of hydrogen-bond acceptors (Lipinski definition) is 8. The van der Waals surface area contributed by atoms with Gasteiger partial charge in [0.15, 0.2) is 0 Å². The van der Waals surface area contributed by atoms with Gasteiger partial charge in [-0.15, -0.1) is 0 Å². The van der Waals surface area contributed by atoms with Crippen LogP contribution in [0.1, 0.15) is 52.4 Å². The molecule has 0 radical (unpaired) electrons. The van der Waals surface area contributed by atoms with E-state index in [-0.39, 0.29) is 12.6 Å². The van der Waals surface area contributed by atoms with Crippen molar-refractivity contribution in [1.29, 1.82) is 0 Å². The topological polar surface area (TPSA) is 81.7 Å². The Morgan fingerprint density at radius 1 is 0.467 bits per heavy atom. The van der Waals surface area contributed by atoms with Gasteiger partial charge in [0.2, 0.25) is 0 Å². The average molecular weight is 437 g/mol. The van der Waals surface area contributed by atoms with Crippen LogP contribution in [0.15, 0.2) is 0 Å². The standard InChI is InChI=1S/C22H44O8/c1-3-4-5-6-7-8-9-24-10-11-25-12-13-26-14-15-27-16-17-28-18-19-29-20-21-30-22(2)23/h3-21H2,1-2H3. The number of unbranched alkanes of at least 4 members (excludes halogenated alkanes) is 5. The van der Waals surface area contributed by atoms with E-state index in [4.69, 9.17) is 33.2 Å². The van der Waals surface area contributed by atoms with Crippen LogP contribution in [-0.2, 0) is 38.0 Å². The number of carbonyl (C=O) groups excluding carboxylic acids is 1.